The normalized spacial score (nSPS) is 11.2. The highest BCUT2D eigenvalue weighted by Crippen LogP contribution is 2.24. The van der Waals surface area contributed by atoms with E-state index in [2.05, 4.69) is 5.32 Å². The van der Waals surface area contributed by atoms with Crippen LogP contribution >= 0.6 is 11.6 Å². The molecule has 0 radical (unpaired) electrons. The Morgan fingerprint density at radius 2 is 1.82 bits per heavy atom. The second kappa shape index (κ2) is 10.5. The number of carbonyl (C=O) groups is 1. The van der Waals surface area contributed by atoms with Crippen LogP contribution in [0.15, 0.2) is 48.5 Å². The fraction of sp³-hybridized carbons (Fsp3) is 0.350. The molecule has 1 amide bonds. The van der Waals surface area contributed by atoms with Crippen molar-refractivity contribution in [1.29, 1.82) is 0 Å². The molecular formula is C20H25ClN2O4S. The number of carbonyl (C=O) groups excluding carboxylic acids is 1. The molecule has 0 spiro atoms. The Kier molecular flexibility index (Phi) is 8.29. The minimum atomic E-state index is -3.53. The van der Waals surface area contributed by atoms with Gasteiger partial charge in [0.05, 0.1) is 18.5 Å². The number of sulfonamides is 1. The van der Waals surface area contributed by atoms with Gasteiger partial charge < -0.3 is 10.1 Å². The lowest BCUT2D eigenvalue weighted by Gasteiger charge is -2.23. The first-order valence-corrected chi connectivity index (χ1v) is 11.2. The number of nitrogens with one attached hydrogen (secondary N) is 1. The Morgan fingerprint density at radius 3 is 2.43 bits per heavy atom. The van der Waals surface area contributed by atoms with Crippen LogP contribution in [0.3, 0.4) is 0 Å². The van der Waals surface area contributed by atoms with E-state index < -0.39 is 10.0 Å². The first-order valence-electron chi connectivity index (χ1n) is 9.00. The van der Waals surface area contributed by atoms with Crippen molar-refractivity contribution in [2.75, 3.05) is 30.3 Å². The first-order chi connectivity index (χ1) is 13.3. The van der Waals surface area contributed by atoms with E-state index in [1.807, 2.05) is 6.92 Å². The average molecular weight is 425 g/mol. The number of benzene rings is 2. The first kappa shape index (κ1) is 22.2. The quantitative estimate of drug-likeness (QED) is 0.592. The second-order valence-corrected chi connectivity index (χ2v) is 8.53. The van der Waals surface area contributed by atoms with Gasteiger partial charge in [-0.25, -0.2) is 8.42 Å². The Balaban J connectivity index is 2.09. The third-order valence-electron chi connectivity index (χ3n) is 4.04. The fourth-order valence-electron chi connectivity index (χ4n) is 2.58. The zero-order valence-corrected chi connectivity index (χ0v) is 17.6. The van der Waals surface area contributed by atoms with Crippen molar-refractivity contribution in [2.45, 2.75) is 19.9 Å². The van der Waals surface area contributed by atoms with Gasteiger partial charge in [-0.15, -0.1) is 0 Å². The topological polar surface area (TPSA) is 75.7 Å². The van der Waals surface area contributed by atoms with E-state index in [1.54, 1.807) is 48.5 Å². The van der Waals surface area contributed by atoms with Gasteiger partial charge in [-0.2, -0.15) is 0 Å². The van der Waals surface area contributed by atoms with E-state index in [4.69, 9.17) is 16.3 Å². The maximum absolute atomic E-state index is 12.3. The van der Waals surface area contributed by atoms with E-state index in [0.717, 1.165) is 12.7 Å². The standard InChI is InChI=1S/C20H25ClN2O4S/c1-3-27-14-6-13-22-20(24)16-9-11-18(12-10-16)23(28(2,25)26)15-17-7-4-5-8-19(17)21/h4-5,7-12H,3,6,13-15H2,1-2H3,(H,22,24). The van der Waals surface area contributed by atoms with Crippen molar-refractivity contribution < 1.29 is 17.9 Å². The monoisotopic (exact) mass is 424 g/mol. The number of amides is 1. The van der Waals surface area contributed by atoms with Crippen molar-refractivity contribution in [1.82, 2.24) is 5.32 Å². The van der Waals surface area contributed by atoms with Gasteiger partial charge in [-0.3, -0.25) is 9.10 Å². The summed E-state index contributed by atoms with van der Waals surface area (Å²) in [7, 11) is -3.53. The molecule has 28 heavy (non-hydrogen) atoms. The number of anilines is 1. The molecule has 8 heteroatoms. The van der Waals surface area contributed by atoms with Gasteiger partial charge in [0.15, 0.2) is 0 Å². The lowest BCUT2D eigenvalue weighted by atomic mass is 10.1. The number of ether oxygens (including phenoxy) is 1. The molecule has 0 aliphatic heterocycles. The summed E-state index contributed by atoms with van der Waals surface area (Å²) in [5.41, 5.74) is 1.63. The molecule has 0 heterocycles. The molecule has 152 valence electrons. The maximum atomic E-state index is 12.3. The van der Waals surface area contributed by atoms with E-state index in [9.17, 15) is 13.2 Å². The van der Waals surface area contributed by atoms with E-state index >= 15 is 0 Å². The maximum Gasteiger partial charge on any atom is 0.251 e. The molecule has 2 aromatic carbocycles. The average Bonchev–Trinajstić information content (AvgIpc) is 2.66. The summed E-state index contributed by atoms with van der Waals surface area (Å²) in [6.45, 7) is 3.80. The molecule has 6 nitrogen and oxygen atoms in total. The molecule has 2 aromatic rings. The van der Waals surface area contributed by atoms with Crippen LogP contribution in [-0.4, -0.2) is 40.3 Å². The minimum Gasteiger partial charge on any atom is -0.382 e. The van der Waals surface area contributed by atoms with Crippen molar-refractivity contribution in [3.8, 4) is 0 Å². The van der Waals surface area contributed by atoms with Gasteiger partial charge in [0, 0.05) is 30.3 Å². The zero-order valence-electron chi connectivity index (χ0n) is 16.0. The third-order valence-corrected chi connectivity index (χ3v) is 5.55. The number of rotatable bonds is 10. The molecule has 0 aliphatic carbocycles. The number of nitrogens with zero attached hydrogens (tertiary/aromatic N) is 1. The SMILES string of the molecule is CCOCCCNC(=O)c1ccc(N(Cc2ccccc2Cl)S(C)(=O)=O)cc1. The Bertz CT molecular complexity index is 885. The second-order valence-electron chi connectivity index (χ2n) is 6.21. The smallest absolute Gasteiger partial charge is 0.251 e. The Labute approximate surface area is 171 Å². The van der Waals surface area contributed by atoms with Gasteiger partial charge in [-0.05, 0) is 49.2 Å². The van der Waals surface area contributed by atoms with Crippen molar-refractivity contribution in [3.63, 3.8) is 0 Å². The van der Waals surface area contributed by atoms with Gasteiger partial charge in [0.25, 0.3) is 5.91 Å². The van der Waals surface area contributed by atoms with Crippen LogP contribution in [0.4, 0.5) is 5.69 Å². The molecule has 0 aromatic heterocycles. The Hall–Kier alpha value is -2.09. The van der Waals surface area contributed by atoms with Crippen LogP contribution < -0.4 is 9.62 Å². The van der Waals surface area contributed by atoms with Crippen LogP contribution in [-0.2, 0) is 21.3 Å². The van der Waals surface area contributed by atoms with Crippen molar-refractivity contribution >= 4 is 33.2 Å². The lowest BCUT2D eigenvalue weighted by Crippen LogP contribution is -2.29. The van der Waals surface area contributed by atoms with Crippen LogP contribution in [0, 0.1) is 0 Å². The van der Waals surface area contributed by atoms with Gasteiger partial charge >= 0.3 is 0 Å². The van der Waals surface area contributed by atoms with Crippen LogP contribution in [0.2, 0.25) is 5.02 Å². The minimum absolute atomic E-state index is 0.113. The van der Waals surface area contributed by atoms with Crippen LogP contribution in [0.25, 0.3) is 0 Å². The summed E-state index contributed by atoms with van der Waals surface area (Å²) in [6.07, 6.45) is 1.88. The summed E-state index contributed by atoms with van der Waals surface area (Å²) < 4.78 is 31.1. The molecule has 0 aliphatic rings. The summed E-state index contributed by atoms with van der Waals surface area (Å²) in [4.78, 5) is 12.2. The molecule has 0 bridgehead atoms. The van der Waals surface area contributed by atoms with E-state index in [1.165, 1.54) is 4.31 Å². The number of hydrogen-bond acceptors (Lipinski definition) is 4. The summed E-state index contributed by atoms with van der Waals surface area (Å²) in [6, 6.07) is 13.6. The summed E-state index contributed by atoms with van der Waals surface area (Å²) in [5.74, 6) is -0.208. The number of hydrogen-bond donors (Lipinski definition) is 1. The van der Waals surface area contributed by atoms with Crippen LogP contribution in [0.1, 0.15) is 29.3 Å². The van der Waals surface area contributed by atoms with Gasteiger partial charge in [0.1, 0.15) is 0 Å². The molecule has 0 unspecified atom stereocenters. The zero-order chi connectivity index (χ0) is 20.6. The molecule has 0 saturated heterocycles. The predicted octanol–water partition coefficient (Wildman–Crippen LogP) is 3.46. The van der Waals surface area contributed by atoms with E-state index in [-0.39, 0.29) is 12.5 Å². The van der Waals surface area contributed by atoms with Gasteiger partial charge in [-0.1, -0.05) is 29.8 Å². The van der Waals surface area contributed by atoms with Crippen molar-refractivity contribution in [2.24, 2.45) is 0 Å². The number of halogens is 1. The molecule has 0 fully saturated rings. The molecule has 0 atom stereocenters. The summed E-state index contributed by atoms with van der Waals surface area (Å²) in [5, 5.41) is 3.32. The van der Waals surface area contributed by atoms with Crippen molar-refractivity contribution in [3.05, 3.63) is 64.7 Å². The van der Waals surface area contributed by atoms with Crippen LogP contribution in [0.5, 0.6) is 0 Å². The molecular weight excluding hydrogens is 400 g/mol. The molecule has 2 rings (SSSR count). The highest BCUT2D eigenvalue weighted by atomic mass is 35.5. The van der Waals surface area contributed by atoms with Gasteiger partial charge in [0.2, 0.25) is 10.0 Å². The molecule has 1 N–H and O–H groups in total. The lowest BCUT2D eigenvalue weighted by molar-refractivity contribution is 0.0944. The predicted molar refractivity (Wildman–Crippen MR) is 112 cm³/mol. The Morgan fingerprint density at radius 1 is 1.14 bits per heavy atom. The highest BCUT2D eigenvalue weighted by Gasteiger charge is 2.19. The van der Waals surface area contributed by atoms with E-state index in [0.29, 0.717) is 41.6 Å². The highest BCUT2D eigenvalue weighted by molar-refractivity contribution is 7.92. The largest absolute Gasteiger partial charge is 0.382 e. The molecule has 0 saturated carbocycles. The summed E-state index contributed by atoms with van der Waals surface area (Å²) >= 11 is 6.17. The fourth-order valence-corrected chi connectivity index (χ4v) is 3.66. The third kappa shape index (κ3) is 6.51.